The van der Waals surface area contributed by atoms with Crippen molar-refractivity contribution in [1.29, 1.82) is 0 Å². The second kappa shape index (κ2) is 5.53. The number of aryl methyl sites for hydroxylation is 1. The maximum atomic E-state index is 11.9. The maximum Gasteiger partial charge on any atom is 0.165 e. The lowest BCUT2D eigenvalue weighted by Crippen LogP contribution is -2.15. The molecule has 0 fully saturated rings. The van der Waals surface area contributed by atoms with Crippen LogP contribution in [0.15, 0.2) is 12.1 Å². The van der Waals surface area contributed by atoms with Crippen LogP contribution in [-0.2, 0) is 5.41 Å². The molecule has 3 heteroatoms. The Labute approximate surface area is 109 Å². The third-order valence-corrected chi connectivity index (χ3v) is 2.99. The largest absolute Gasteiger partial charge is 0.496 e. The van der Waals surface area contributed by atoms with Gasteiger partial charge in [0.1, 0.15) is 5.75 Å². The molecule has 0 bridgehead atoms. The predicted octanol–water partition coefficient (Wildman–Crippen LogP) is 2.87. The van der Waals surface area contributed by atoms with Crippen molar-refractivity contribution in [1.82, 2.24) is 0 Å². The van der Waals surface area contributed by atoms with E-state index in [9.17, 15) is 4.79 Å². The zero-order chi connectivity index (χ0) is 13.9. The molecule has 0 spiro atoms. The summed E-state index contributed by atoms with van der Waals surface area (Å²) in [5.41, 5.74) is 2.48. The van der Waals surface area contributed by atoms with Gasteiger partial charge in [-0.1, -0.05) is 20.8 Å². The molecule has 0 heterocycles. The van der Waals surface area contributed by atoms with Gasteiger partial charge in [0.25, 0.3) is 0 Å². The summed E-state index contributed by atoms with van der Waals surface area (Å²) in [7, 11) is 1.64. The fourth-order valence-electron chi connectivity index (χ4n) is 1.97. The lowest BCUT2D eigenvalue weighted by Gasteiger charge is -2.23. The lowest BCUT2D eigenvalue weighted by atomic mass is 9.83. The van der Waals surface area contributed by atoms with Gasteiger partial charge in [-0.25, -0.2) is 0 Å². The SMILES string of the molecule is COc1cc(C)c(C(=O)CCO)cc1C(C)(C)C. The second-order valence-electron chi connectivity index (χ2n) is 5.51. The number of ketones is 1. The number of benzene rings is 1. The van der Waals surface area contributed by atoms with Crippen LogP contribution < -0.4 is 4.74 Å². The molecule has 0 aromatic heterocycles. The molecule has 0 aliphatic carbocycles. The average Bonchev–Trinajstić information content (AvgIpc) is 2.27. The summed E-state index contributed by atoms with van der Waals surface area (Å²) in [5.74, 6) is 0.781. The van der Waals surface area contributed by atoms with E-state index in [1.54, 1.807) is 7.11 Å². The van der Waals surface area contributed by atoms with E-state index in [4.69, 9.17) is 9.84 Å². The monoisotopic (exact) mass is 250 g/mol. The van der Waals surface area contributed by atoms with Crippen molar-refractivity contribution >= 4 is 5.78 Å². The van der Waals surface area contributed by atoms with Crippen LogP contribution in [0.1, 0.15) is 48.7 Å². The molecular formula is C15H22O3. The molecule has 0 unspecified atom stereocenters. The number of aliphatic hydroxyl groups excluding tert-OH is 1. The van der Waals surface area contributed by atoms with E-state index in [0.717, 1.165) is 16.9 Å². The van der Waals surface area contributed by atoms with E-state index in [-0.39, 0.29) is 24.2 Å². The first kappa shape index (κ1) is 14.7. The summed E-state index contributed by atoms with van der Waals surface area (Å²) in [5, 5.41) is 8.87. The van der Waals surface area contributed by atoms with Gasteiger partial charge in [0.15, 0.2) is 5.78 Å². The highest BCUT2D eigenvalue weighted by molar-refractivity contribution is 5.98. The second-order valence-corrected chi connectivity index (χ2v) is 5.51. The quantitative estimate of drug-likeness (QED) is 0.836. The van der Waals surface area contributed by atoms with E-state index in [2.05, 4.69) is 20.8 Å². The molecule has 0 aliphatic rings. The molecule has 1 aromatic carbocycles. The normalized spacial score (nSPS) is 11.4. The van der Waals surface area contributed by atoms with Gasteiger partial charge in [-0.3, -0.25) is 4.79 Å². The molecule has 0 radical (unpaired) electrons. The fraction of sp³-hybridized carbons (Fsp3) is 0.533. The molecule has 0 atom stereocenters. The van der Waals surface area contributed by atoms with Gasteiger partial charge in [-0.15, -0.1) is 0 Å². The minimum Gasteiger partial charge on any atom is -0.496 e. The highest BCUT2D eigenvalue weighted by atomic mass is 16.5. The molecule has 0 saturated carbocycles. The smallest absolute Gasteiger partial charge is 0.165 e. The molecule has 0 amide bonds. The number of ether oxygens (including phenoxy) is 1. The van der Waals surface area contributed by atoms with Crippen LogP contribution in [-0.4, -0.2) is 24.6 Å². The van der Waals surface area contributed by atoms with E-state index in [1.807, 2.05) is 19.1 Å². The third-order valence-electron chi connectivity index (χ3n) is 2.99. The Morgan fingerprint density at radius 1 is 1.33 bits per heavy atom. The number of aliphatic hydroxyl groups is 1. The molecular weight excluding hydrogens is 228 g/mol. The minimum absolute atomic E-state index is 0.0249. The molecule has 0 aliphatic heterocycles. The Hall–Kier alpha value is -1.35. The fourth-order valence-corrected chi connectivity index (χ4v) is 1.97. The van der Waals surface area contributed by atoms with Crippen LogP contribution in [0.4, 0.5) is 0 Å². The van der Waals surface area contributed by atoms with Crippen LogP contribution >= 0.6 is 0 Å². The number of hydrogen-bond acceptors (Lipinski definition) is 3. The van der Waals surface area contributed by atoms with Gasteiger partial charge in [0.05, 0.1) is 13.7 Å². The number of methoxy groups -OCH3 is 1. The van der Waals surface area contributed by atoms with Gasteiger partial charge < -0.3 is 9.84 Å². The van der Waals surface area contributed by atoms with E-state index in [1.165, 1.54) is 0 Å². The van der Waals surface area contributed by atoms with Crippen molar-refractivity contribution in [2.45, 2.75) is 39.5 Å². The van der Waals surface area contributed by atoms with E-state index >= 15 is 0 Å². The molecule has 3 nitrogen and oxygen atoms in total. The zero-order valence-corrected chi connectivity index (χ0v) is 11.8. The van der Waals surface area contributed by atoms with Crippen molar-refractivity contribution in [2.75, 3.05) is 13.7 Å². The minimum atomic E-state index is -0.116. The van der Waals surface area contributed by atoms with Crippen molar-refractivity contribution in [3.63, 3.8) is 0 Å². The standard InChI is InChI=1S/C15H22O3/c1-10-8-14(18-5)12(15(2,3)4)9-11(10)13(17)6-7-16/h8-9,16H,6-7H2,1-5H3. The Morgan fingerprint density at radius 2 is 1.94 bits per heavy atom. The third kappa shape index (κ3) is 3.10. The van der Waals surface area contributed by atoms with Crippen molar-refractivity contribution in [3.05, 3.63) is 28.8 Å². The van der Waals surface area contributed by atoms with Gasteiger partial charge >= 0.3 is 0 Å². The summed E-state index contributed by atoms with van der Waals surface area (Å²) >= 11 is 0. The highest BCUT2D eigenvalue weighted by Crippen LogP contribution is 2.33. The van der Waals surface area contributed by atoms with Crippen LogP contribution in [0, 0.1) is 6.92 Å². The first-order valence-corrected chi connectivity index (χ1v) is 6.14. The van der Waals surface area contributed by atoms with Gasteiger partial charge in [0.2, 0.25) is 0 Å². The first-order valence-electron chi connectivity index (χ1n) is 6.14. The van der Waals surface area contributed by atoms with Gasteiger partial charge in [-0.2, -0.15) is 0 Å². The van der Waals surface area contributed by atoms with Crippen molar-refractivity contribution in [3.8, 4) is 5.75 Å². The number of rotatable bonds is 4. The molecule has 0 saturated heterocycles. The number of carbonyl (C=O) groups is 1. The summed E-state index contributed by atoms with van der Waals surface area (Å²) in [4.78, 5) is 11.9. The summed E-state index contributed by atoms with van der Waals surface area (Å²) in [6.07, 6.45) is 0.163. The Balaban J connectivity index is 3.35. The Bertz CT molecular complexity index is 442. The average molecular weight is 250 g/mol. The molecule has 100 valence electrons. The number of hydrogen-bond donors (Lipinski definition) is 1. The summed E-state index contributed by atoms with van der Waals surface area (Å²) in [6.45, 7) is 8.02. The van der Waals surface area contributed by atoms with Gasteiger partial charge in [-0.05, 0) is 30.0 Å². The molecule has 1 aromatic rings. The lowest BCUT2D eigenvalue weighted by molar-refractivity contribution is 0.0956. The van der Waals surface area contributed by atoms with Crippen molar-refractivity contribution in [2.24, 2.45) is 0 Å². The predicted molar refractivity (Wildman–Crippen MR) is 72.5 cm³/mol. The maximum absolute atomic E-state index is 11.9. The molecule has 1 rings (SSSR count). The van der Waals surface area contributed by atoms with Crippen LogP contribution in [0.25, 0.3) is 0 Å². The van der Waals surface area contributed by atoms with Crippen molar-refractivity contribution < 1.29 is 14.6 Å². The topological polar surface area (TPSA) is 46.5 Å². The van der Waals surface area contributed by atoms with E-state index < -0.39 is 0 Å². The highest BCUT2D eigenvalue weighted by Gasteiger charge is 2.22. The zero-order valence-electron chi connectivity index (χ0n) is 11.8. The first-order chi connectivity index (χ1) is 8.31. The van der Waals surface area contributed by atoms with Gasteiger partial charge in [0, 0.05) is 17.5 Å². The van der Waals surface area contributed by atoms with E-state index in [0.29, 0.717) is 5.56 Å². The summed E-state index contributed by atoms with van der Waals surface area (Å²) in [6, 6.07) is 3.79. The van der Waals surface area contributed by atoms with Crippen LogP contribution in [0.2, 0.25) is 0 Å². The van der Waals surface area contributed by atoms with Crippen LogP contribution in [0.3, 0.4) is 0 Å². The Morgan fingerprint density at radius 3 is 2.39 bits per heavy atom. The molecule has 18 heavy (non-hydrogen) atoms. The number of carbonyl (C=O) groups excluding carboxylic acids is 1. The Kier molecular flexibility index (Phi) is 4.52. The molecule has 1 N–H and O–H groups in total. The summed E-state index contributed by atoms with van der Waals surface area (Å²) < 4.78 is 5.39. The van der Waals surface area contributed by atoms with Crippen LogP contribution in [0.5, 0.6) is 5.75 Å². The number of Topliss-reactive ketones (excluding diaryl/α,β-unsaturated/α-hetero) is 1.